The monoisotopic (exact) mass is 319 g/mol. The maximum absolute atomic E-state index is 12.5. The molecule has 5 heteroatoms. The Morgan fingerprint density at radius 2 is 1.77 bits per heavy atom. The highest BCUT2D eigenvalue weighted by Crippen LogP contribution is 2.17. The summed E-state index contributed by atoms with van der Waals surface area (Å²) in [6, 6.07) is 14.2. The number of benzene rings is 2. The maximum Gasteiger partial charge on any atom is 0.241 e. The summed E-state index contributed by atoms with van der Waals surface area (Å²) in [6.07, 6.45) is 0.446. The molecule has 2 N–H and O–H groups in total. The Hall–Kier alpha value is -1.69. The largest absolute Gasteiger partial charge is 0.395 e. The lowest BCUT2D eigenvalue weighted by molar-refractivity contribution is 0.256. The SMILES string of the molecule is Cc1ccc(S(=O)(=O)NC(CO)Cc2ccccc2)c(C)c1. The average molecular weight is 319 g/mol. The van der Waals surface area contributed by atoms with Gasteiger partial charge in [-0.15, -0.1) is 0 Å². The summed E-state index contributed by atoms with van der Waals surface area (Å²) in [5.41, 5.74) is 2.69. The van der Waals surface area contributed by atoms with Gasteiger partial charge in [0.1, 0.15) is 0 Å². The number of aliphatic hydroxyl groups is 1. The quantitative estimate of drug-likeness (QED) is 0.858. The van der Waals surface area contributed by atoms with Gasteiger partial charge in [0.15, 0.2) is 0 Å². The minimum absolute atomic E-state index is 0.251. The Morgan fingerprint density at radius 3 is 2.36 bits per heavy atom. The van der Waals surface area contributed by atoms with Gasteiger partial charge in [-0.3, -0.25) is 0 Å². The molecule has 0 aliphatic carbocycles. The Kier molecular flexibility index (Phi) is 5.34. The topological polar surface area (TPSA) is 66.4 Å². The van der Waals surface area contributed by atoms with Crippen LogP contribution < -0.4 is 4.72 Å². The lowest BCUT2D eigenvalue weighted by atomic mass is 10.1. The summed E-state index contributed by atoms with van der Waals surface area (Å²) in [6.45, 7) is 3.44. The fraction of sp³-hybridized carbons (Fsp3) is 0.294. The summed E-state index contributed by atoms with van der Waals surface area (Å²) in [4.78, 5) is 0.254. The number of aryl methyl sites for hydroxylation is 2. The summed E-state index contributed by atoms with van der Waals surface area (Å²) < 4.78 is 27.6. The van der Waals surface area contributed by atoms with Gasteiger partial charge in [0.05, 0.1) is 11.5 Å². The van der Waals surface area contributed by atoms with Gasteiger partial charge in [-0.05, 0) is 37.5 Å². The van der Waals surface area contributed by atoms with E-state index in [4.69, 9.17) is 0 Å². The number of nitrogens with one attached hydrogen (secondary N) is 1. The van der Waals surface area contributed by atoms with Crippen LogP contribution in [0, 0.1) is 13.8 Å². The van der Waals surface area contributed by atoms with Crippen molar-refractivity contribution in [3.8, 4) is 0 Å². The standard InChI is InChI=1S/C17H21NO3S/c1-13-8-9-17(14(2)10-13)22(20,21)18-16(12-19)11-15-6-4-3-5-7-15/h3-10,16,18-19H,11-12H2,1-2H3. The van der Waals surface area contributed by atoms with Crippen LogP contribution in [0.25, 0.3) is 0 Å². The van der Waals surface area contributed by atoms with Crippen LogP contribution in [-0.2, 0) is 16.4 Å². The van der Waals surface area contributed by atoms with Crippen LogP contribution in [0.5, 0.6) is 0 Å². The first-order valence-electron chi connectivity index (χ1n) is 7.17. The Morgan fingerprint density at radius 1 is 1.09 bits per heavy atom. The van der Waals surface area contributed by atoms with E-state index in [9.17, 15) is 13.5 Å². The van der Waals surface area contributed by atoms with Crippen molar-refractivity contribution < 1.29 is 13.5 Å². The molecule has 0 spiro atoms. The molecule has 1 atom stereocenters. The van der Waals surface area contributed by atoms with Crippen molar-refractivity contribution in [3.63, 3.8) is 0 Å². The molecule has 2 aromatic carbocycles. The van der Waals surface area contributed by atoms with Crippen LogP contribution in [0.3, 0.4) is 0 Å². The summed E-state index contributed by atoms with van der Waals surface area (Å²) >= 11 is 0. The molecule has 0 fully saturated rings. The van der Waals surface area contributed by atoms with Crippen LogP contribution in [0.4, 0.5) is 0 Å². The zero-order chi connectivity index (χ0) is 16.2. The van der Waals surface area contributed by atoms with E-state index in [0.29, 0.717) is 12.0 Å². The number of rotatable bonds is 6. The molecule has 118 valence electrons. The minimum atomic E-state index is -3.65. The van der Waals surface area contributed by atoms with Crippen LogP contribution in [0.1, 0.15) is 16.7 Å². The van der Waals surface area contributed by atoms with Crippen molar-refractivity contribution in [1.29, 1.82) is 0 Å². The zero-order valence-electron chi connectivity index (χ0n) is 12.8. The highest BCUT2D eigenvalue weighted by Gasteiger charge is 2.21. The first kappa shape index (κ1) is 16.7. The van der Waals surface area contributed by atoms with Crippen LogP contribution in [-0.4, -0.2) is 26.2 Å². The number of hydrogen-bond acceptors (Lipinski definition) is 3. The highest BCUT2D eigenvalue weighted by atomic mass is 32.2. The third kappa shape index (κ3) is 4.16. The summed E-state index contributed by atoms with van der Waals surface area (Å²) in [5.74, 6) is 0. The Balaban J connectivity index is 2.18. The smallest absolute Gasteiger partial charge is 0.241 e. The van der Waals surface area contributed by atoms with Gasteiger partial charge >= 0.3 is 0 Å². The van der Waals surface area contributed by atoms with Crippen molar-refractivity contribution >= 4 is 10.0 Å². The minimum Gasteiger partial charge on any atom is -0.395 e. The van der Waals surface area contributed by atoms with E-state index in [1.54, 1.807) is 19.1 Å². The van der Waals surface area contributed by atoms with Gasteiger partial charge in [-0.25, -0.2) is 13.1 Å². The molecule has 0 radical (unpaired) electrons. The van der Waals surface area contributed by atoms with Crippen molar-refractivity contribution in [1.82, 2.24) is 4.72 Å². The first-order valence-corrected chi connectivity index (χ1v) is 8.65. The van der Waals surface area contributed by atoms with Gasteiger partial charge in [-0.1, -0.05) is 48.0 Å². The fourth-order valence-corrected chi connectivity index (χ4v) is 3.88. The van der Waals surface area contributed by atoms with Crippen LogP contribution >= 0.6 is 0 Å². The van der Waals surface area contributed by atoms with Crippen molar-refractivity contribution in [2.24, 2.45) is 0 Å². The molecule has 1 unspecified atom stereocenters. The molecular formula is C17H21NO3S. The van der Waals surface area contributed by atoms with E-state index in [0.717, 1.165) is 11.1 Å². The van der Waals surface area contributed by atoms with Crippen molar-refractivity contribution in [2.75, 3.05) is 6.61 Å². The molecule has 2 aromatic rings. The molecule has 4 nitrogen and oxygen atoms in total. The molecule has 0 aliphatic rings. The molecule has 0 amide bonds. The second-order valence-corrected chi connectivity index (χ2v) is 7.14. The van der Waals surface area contributed by atoms with Crippen LogP contribution in [0.15, 0.2) is 53.4 Å². The lowest BCUT2D eigenvalue weighted by Gasteiger charge is -2.17. The number of aliphatic hydroxyl groups excluding tert-OH is 1. The van der Waals surface area contributed by atoms with Crippen molar-refractivity contribution in [2.45, 2.75) is 31.2 Å². The van der Waals surface area contributed by atoms with Gasteiger partial charge in [0, 0.05) is 6.04 Å². The second kappa shape index (κ2) is 7.05. The maximum atomic E-state index is 12.5. The van der Waals surface area contributed by atoms with E-state index in [1.807, 2.05) is 43.3 Å². The van der Waals surface area contributed by atoms with E-state index >= 15 is 0 Å². The van der Waals surface area contributed by atoms with Gasteiger partial charge in [0.2, 0.25) is 10.0 Å². The summed E-state index contributed by atoms with van der Waals surface area (Å²) in [7, 11) is -3.65. The molecule has 0 saturated heterocycles. The van der Waals surface area contributed by atoms with E-state index in [2.05, 4.69) is 4.72 Å². The van der Waals surface area contributed by atoms with Gasteiger partial charge in [-0.2, -0.15) is 0 Å². The molecule has 2 rings (SSSR count). The zero-order valence-corrected chi connectivity index (χ0v) is 13.6. The molecular weight excluding hydrogens is 298 g/mol. The molecule has 0 bridgehead atoms. The predicted molar refractivity (Wildman–Crippen MR) is 87.3 cm³/mol. The van der Waals surface area contributed by atoms with Crippen LogP contribution in [0.2, 0.25) is 0 Å². The van der Waals surface area contributed by atoms with E-state index in [1.165, 1.54) is 0 Å². The third-order valence-corrected chi connectivity index (χ3v) is 5.17. The Labute approximate surface area is 131 Å². The van der Waals surface area contributed by atoms with Gasteiger partial charge < -0.3 is 5.11 Å². The second-order valence-electron chi connectivity index (χ2n) is 5.46. The molecule has 22 heavy (non-hydrogen) atoms. The molecule has 0 aliphatic heterocycles. The highest BCUT2D eigenvalue weighted by molar-refractivity contribution is 7.89. The lowest BCUT2D eigenvalue weighted by Crippen LogP contribution is -2.39. The van der Waals surface area contributed by atoms with E-state index < -0.39 is 16.1 Å². The first-order chi connectivity index (χ1) is 10.4. The van der Waals surface area contributed by atoms with Gasteiger partial charge in [0.25, 0.3) is 0 Å². The normalized spacial score (nSPS) is 13.0. The predicted octanol–water partition coefficient (Wildman–Crippen LogP) is 2.19. The van der Waals surface area contributed by atoms with Crippen molar-refractivity contribution in [3.05, 3.63) is 65.2 Å². The third-order valence-electron chi connectivity index (χ3n) is 3.49. The molecule has 0 aromatic heterocycles. The molecule has 0 saturated carbocycles. The summed E-state index contributed by atoms with van der Waals surface area (Å²) in [5, 5.41) is 9.48. The van der Waals surface area contributed by atoms with E-state index in [-0.39, 0.29) is 11.5 Å². The molecule has 0 heterocycles. The average Bonchev–Trinajstić information content (AvgIpc) is 2.47. The number of sulfonamides is 1. The fourth-order valence-electron chi connectivity index (χ4n) is 2.43. The number of hydrogen-bond donors (Lipinski definition) is 2. The Bertz CT molecular complexity index is 727.